The summed E-state index contributed by atoms with van der Waals surface area (Å²) in [5.41, 5.74) is 2.63. The van der Waals surface area contributed by atoms with Crippen LogP contribution in [0.2, 0.25) is 0 Å². The van der Waals surface area contributed by atoms with Gasteiger partial charge in [-0.1, -0.05) is 12.1 Å². The molecule has 3 rings (SSSR count). The summed E-state index contributed by atoms with van der Waals surface area (Å²) in [6.45, 7) is 1.45. The van der Waals surface area contributed by atoms with E-state index in [1.807, 2.05) is 4.90 Å². The quantitative estimate of drug-likeness (QED) is 0.643. The molecule has 23 heavy (non-hydrogen) atoms. The number of carbonyl (C=O) groups is 2. The van der Waals surface area contributed by atoms with Gasteiger partial charge in [0.15, 0.2) is 0 Å². The summed E-state index contributed by atoms with van der Waals surface area (Å²) in [6.07, 6.45) is 4.29. The normalized spacial score (nSPS) is 13.9. The lowest BCUT2D eigenvalue weighted by Crippen LogP contribution is -2.34. The van der Waals surface area contributed by atoms with E-state index in [9.17, 15) is 9.59 Å². The fourth-order valence-corrected chi connectivity index (χ4v) is 3.45. The highest BCUT2D eigenvalue weighted by Crippen LogP contribution is 2.24. The molecule has 0 spiro atoms. The molecule has 1 amide bonds. The van der Waals surface area contributed by atoms with Gasteiger partial charge in [-0.15, -0.1) is 11.3 Å². The van der Waals surface area contributed by atoms with Crippen LogP contribution in [0.1, 0.15) is 26.4 Å². The molecule has 118 valence electrons. The van der Waals surface area contributed by atoms with Crippen molar-refractivity contribution in [2.45, 2.75) is 13.0 Å². The largest absolute Gasteiger partial charge is 0.465 e. The Morgan fingerprint density at radius 3 is 2.74 bits per heavy atom. The van der Waals surface area contributed by atoms with Gasteiger partial charge in [-0.2, -0.15) is 0 Å². The number of thiophene rings is 1. The standard InChI is InChI=1S/C18H17NO3S/c1-22-18(21)14-5-2-13(3-6-14)4-7-17(20)19-10-8-16-15(12-19)9-11-23-16/h2-7,9,11H,8,10,12H2,1H3/b7-4+. The first kappa shape index (κ1) is 15.5. The average molecular weight is 327 g/mol. The zero-order valence-electron chi connectivity index (χ0n) is 12.8. The average Bonchev–Trinajstić information content (AvgIpc) is 3.07. The lowest BCUT2D eigenvalue weighted by molar-refractivity contribution is -0.126. The SMILES string of the molecule is COC(=O)c1ccc(/C=C/C(=O)N2CCc3sccc3C2)cc1. The van der Waals surface area contributed by atoms with Crippen molar-refractivity contribution < 1.29 is 14.3 Å². The van der Waals surface area contributed by atoms with Gasteiger partial charge in [-0.05, 0) is 47.2 Å². The van der Waals surface area contributed by atoms with Crippen LogP contribution >= 0.6 is 11.3 Å². The summed E-state index contributed by atoms with van der Waals surface area (Å²) in [5, 5.41) is 2.08. The van der Waals surface area contributed by atoms with Crippen LogP contribution in [-0.4, -0.2) is 30.4 Å². The van der Waals surface area contributed by atoms with Crippen LogP contribution in [-0.2, 0) is 22.5 Å². The maximum atomic E-state index is 12.3. The number of fused-ring (bicyclic) bond motifs is 1. The summed E-state index contributed by atoms with van der Waals surface area (Å²) in [5.74, 6) is -0.351. The molecule has 0 fully saturated rings. The lowest BCUT2D eigenvalue weighted by Gasteiger charge is -2.25. The van der Waals surface area contributed by atoms with Crippen LogP contribution in [0.3, 0.4) is 0 Å². The number of rotatable bonds is 3. The summed E-state index contributed by atoms with van der Waals surface area (Å²) >= 11 is 1.76. The van der Waals surface area contributed by atoms with Crippen LogP contribution in [0, 0.1) is 0 Å². The Morgan fingerprint density at radius 2 is 2.00 bits per heavy atom. The van der Waals surface area contributed by atoms with Crippen LogP contribution in [0.5, 0.6) is 0 Å². The van der Waals surface area contributed by atoms with Gasteiger partial charge in [-0.3, -0.25) is 4.79 Å². The summed E-state index contributed by atoms with van der Waals surface area (Å²) in [7, 11) is 1.35. The molecule has 4 nitrogen and oxygen atoms in total. The molecule has 5 heteroatoms. The molecule has 2 heterocycles. The van der Waals surface area contributed by atoms with Crippen molar-refractivity contribution in [3.05, 3.63) is 63.4 Å². The highest BCUT2D eigenvalue weighted by molar-refractivity contribution is 7.10. The highest BCUT2D eigenvalue weighted by Gasteiger charge is 2.19. The zero-order valence-corrected chi connectivity index (χ0v) is 13.6. The number of nitrogens with zero attached hydrogens (tertiary/aromatic N) is 1. The molecule has 2 aromatic rings. The number of methoxy groups -OCH3 is 1. The molecule has 1 aromatic carbocycles. The minimum absolute atomic E-state index is 0.0129. The summed E-state index contributed by atoms with van der Waals surface area (Å²) in [4.78, 5) is 26.9. The van der Waals surface area contributed by atoms with Crippen molar-refractivity contribution in [2.75, 3.05) is 13.7 Å². The van der Waals surface area contributed by atoms with Crippen molar-refractivity contribution in [3.8, 4) is 0 Å². The number of hydrogen-bond donors (Lipinski definition) is 0. The first-order valence-electron chi connectivity index (χ1n) is 7.38. The van der Waals surface area contributed by atoms with Gasteiger partial charge in [0.1, 0.15) is 0 Å². The third-order valence-corrected chi connectivity index (χ3v) is 4.89. The monoisotopic (exact) mass is 327 g/mol. The van der Waals surface area contributed by atoms with E-state index in [4.69, 9.17) is 0 Å². The minimum Gasteiger partial charge on any atom is -0.465 e. The molecule has 0 saturated heterocycles. The molecule has 0 aliphatic carbocycles. The Morgan fingerprint density at radius 1 is 1.22 bits per heavy atom. The van der Waals surface area contributed by atoms with Crippen molar-refractivity contribution in [2.24, 2.45) is 0 Å². The van der Waals surface area contributed by atoms with Crippen molar-refractivity contribution >= 4 is 29.3 Å². The second kappa shape index (κ2) is 6.79. The van der Waals surface area contributed by atoms with Crippen LogP contribution in [0.25, 0.3) is 6.08 Å². The number of carbonyl (C=O) groups excluding carboxylic acids is 2. The van der Waals surface area contributed by atoms with E-state index in [0.29, 0.717) is 12.1 Å². The van der Waals surface area contributed by atoms with Gasteiger partial charge in [0.25, 0.3) is 0 Å². The smallest absolute Gasteiger partial charge is 0.337 e. The molecule has 0 saturated carbocycles. The van der Waals surface area contributed by atoms with E-state index in [0.717, 1.165) is 18.5 Å². The fraction of sp³-hybridized carbons (Fsp3) is 0.222. The fourth-order valence-electron chi connectivity index (χ4n) is 2.56. The minimum atomic E-state index is -0.364. The van der Waals surface area contributed by atoms with Crippen molar-refractivity contribution in [1.82, 2.24) is 4.90 Å². The molecular weight excluding hydrogens is 310 g/mol. The summed E-state index contributed by atoms with van der Waals surface area (Å²) < 4.78 is 4.66. The molecule has 0 N–H and O–H groups in total. The van der Waals surface area contributed by atoms with Gasteiger partial charge >= 0.3 is 5.97 Å². The molecular formula is C18H17NO3S. The predicted molar refractivity (Wildman–Crippen MR) is 90.3 cm³/mol. The van der Waals surface area contributed by atoms with Gasteiger partial charge in [-0.25, -0.2) is 4.79 Å². The molecule has 1 aliphatic heterocycles. The Hall–Kier alpha value is -2.40. The molecule has 1 aliphatic rings. The molecule has 0 unspecified atom stereocenters. The molecule has 0 atom stereocenters. The number of ether oxygens (including phenoxy) is 1. The molecule has 1 aromatic heterocycles. The van der Waals surface area contributed by atoms with Gasteiger partial charge in [0.2, 0.25) is 5.91 Å². The number of hydrogen-bond acceptors (Lipinski definition) is 4. The third kappa shape index (κ3) is 3.51. The highest BCUT2D eigenvalue weighted by atomic mass is 32.1. The van der Waals surface area contributed by atoms with Gasteiger partial charge in [0.05, 0.1) is 12.7 Å². The van der Waals surface area contributed by atoms with Crippen LogP contribution in [0.15, 0.2) is 41.8 Å². The Labute approximate surface area is 139 Å². The summed E-state index contributed by atoms with van der Waals surface area (Å²) in [6, 6.07) is 9.06. The second-order valence-corrected chi connectivity index (χ2v) is 6.33. The van der Waals surface area contributed by atoms with E-state index >= 15 is 0 Å². The van der Waals surface area contributed by atoms with Gasteiger partial charge in [0, 0.05) is 24.0 Å². The van der Waals surface area contributed by atoms with E-state index in [1.165, 1.54) is 17.6 Å². The zero-order chi connectivity index (χ0) is 16.2. The third-order valence-electron chi connectivity index (χ3n) is 3.87. The first-order valence-corrected chi connectivity index (χ1v) is 8.26. The van der Waals surface area contributed by atoms with Crippen LogP contribution in [0.4, 0.5) is 0 Å². The maximum absolute atomic E-state index is 12.3. The number of amides is 1. The molecule has 0 bridgehead atoms. The Balaban J connectivity index is 1.64. The van der Waals surface area contributed by atoms with Crippen molar-refractivity contribution in [3.63, 3.8) is 0 Å². The topological polar surface area (TPSA) is 46.6 Å². The van der Waals surface area contributed by atoms with E-state index in [1.54, 1.807) is 47.8 Å². The predicted octanol–water partition coefficient (Wildman–Crippen LogP) is 3.13. The van der Waals surface area contributed by atoms with Crippen LogP contribution < -0.4 is 0 Å². The van der Waals surface area contributed by atoms with E-state index in [-0.39, 0.29) is 11.9 Å². The number of esters is 1. The second-order valence-electron chi connectivity index (χ2n) is 5.33. The molecule has 0 radical (unpaired) electrons. The van der Waals surface area contributed by atoms with E-state index in [2.05, 4.69) is 16.2 Å². The first-order chi connectivity index (χ1) is 11.2. The Bertz CT molecular complexity index is 746. The number of benzene rings is 1. The van der Waals surface area contributed by atoms with Gasteiger partial charge < -0.3 is 9.64 Å². The maximum Gasteiger partial charge on any atom is 0.337 e. The lowest BCUT2D eigenvalue weighted by atomic mass is 10.1. The Kier molecular flexibility index (Phi) is 4.57. The van der Waals surface area contributed by atoms with E-state index < -0.39 is 0 Å². The van der Waals surface area contributed by atoms with Crippen molar-refractivity contribution in [1.29, 1.82) is 0 Å².